The van der Waals surface area contributed by atoms with E-state index in [4.69, 9.17) is 4.74 Å². The predicted molar refractivity (Wildman–Crippen MR) is 124 cm³/mol. The summed E-state index contributed by atoms with van der Waals surface area (Å²) in [5, 5.41) is 9.26. The van der Waals surface area contributed by atoms with Gasteiger partial charge in [0.15, 0.2) is 0 Å². The van der Waals surface area contributed by atoms with Gasteiger partial charge in [-0.1, -0.05) is 40.2 Å². The number of rotatable bonds is 6. The summed E-state index contributed by atoms with van der Waals surface area (Å²) < 4.78 is 6.30. The Labute approximate surface area is 185 Å². The van der Waals surface area contributed by atoms with Crippen LogP contribution < -0.4 is 4.74 Å². The number of aromatic carboxylic acids is 1. The second-order valence-corrected chi connectivity index (χ2v) is 10.2. The number of carboxylic acids is 1. The van der Waals surface area contributed by atoms with Crippen LogP contribution in [0.2, 0.25) is 0 Å². The average molecular weight is 420 g/mol. The summed E-state index contributed by atoms with van der Waals surface area (Å²) in [6.07, 6.45) is 6.82. The number of hydrogen-bond donors (Lipinski definition) is 1. The summed E-state index contributed by atoms with van der Waals surface area (Å²) in [4.78, 5) is 15.8. The van der Waals surface area contributed by atoms with Crippen molar-refractivity contribution >= 4 is 11.5 Å². The number of benzene rings is 1. The molecule has 2 aliphatic carbocycles. The van der Waals surface area contributed by atoms with Gasteiger partial charge in [0.25, 0.3) is 0 Å². The molecule has 1 aromatic carbocycles. The van der Waals surface area contributed by atoms with E-state index in [1.807, 2.05) is 6.07 Å². The van der Waals surface area contributed by atoms with E-state index in [1.54, 1.807) is 6.07 Å². The molecule has 2 aromatic rings. The van der Waals surface area contributed by atoms with Crippen molar-refractivity contribution in [1.82, 2.24) is 4.98 Å². The lowest BCUT2D eigenvalue weighted by Gasteiger charge is -2.42. The van der Waals surface area contributed by atoms with Gasteiger partial charge in [-0.05, 0) is 78.3 Å². The van der Waals surface area contributed by atoms with Gasteiger partial charge >= 0.3 is 5.97 Å². The van der Waals surface area contributed by atoms with Crippen molar-refractivity contribution in [3.8, 4) is 5.75 Å². The number of carboxylic acid groups (broad SMARTS) is 1. The van der Waals surface area contributed by atoms with Crippen molar-refractivity contribution in [2.75, 3.05) is 6.61 Å². The molecule has 1 N–H and O–H groups in total. The number of hydrogen-bond acceptors (Lipinski definition) is 3. The third-order valence-electron chi connectivity index (χ3n) is 6.80. The SMILES string of the molecule is CCCOc1cc2c(cc1C(=C1CC1)c1ccc(C(=O)O)cn1)C(C)(C)CCC2(C)C. The Kier molecular flexibility index (Phi) is 5.45. The summed E-state index contributed by atoms with van der Waals surface area (Å²) in [5.74, 6) is -0.0331. The standard InChI is InChI=1S/C27H33NO3/c1-6-13-31-23-15-21-20(26(2,3)11-12-27(21,4)5)14-19(23)24(17-7-8-17)22-10-9-18(16-28-22)25(29)30/h9-10,14-16H,6-8,11-13H2,1-5H3,(H,29,30). The lowest BCUT2D eigenvalue weighted by Crippen LogP contribution is -2.34. The van der Waals surface area contributed by atoms with Crippen LogP contribution in [0.3, 0.4) is 0 Å². The van der Waals surface area contributed by atoms with Crippen LogP contribution in [0.4, 0.5) is 0 Å². The van der Waals surface area contributed by atoms with Crippen LogP contribution >= 0.6 is 0 Å². The third kappa shape index (κ3) is 4.13. The van der Waals surface area contributed by atoms with Gasteiger partial charge in [0, 0.05) is 17.3 Å². The van der Waals surface area contributed by atoms with E-state index in [2.05, 4.69) is 51.7 Å². The van der Waals surface area contributed by atoms with Crippen molar-refractivity contribution in [1.29, 1.82) is 0 Å². The largest absolute Gasteiger partial charge is 0.493 e. The molecule has 0 radical (unpaired) electrons. The van der Waals surface area contributed by atoms with Crippen LogP contribution in [-0.4, -0.2) is 22.7 Å². The fraction of sp³-hybridized carbons (Fsp3) is 0.481. The summed E-state index contributed by atoms with van der Waals surface area (Å²) in [6.45, 7) is 12.1. The first kappa shape index (κ1) is 21.6. The number of allylic oxidation sites excluding steroid dienone is 1. The molecule has 1 saturated carbocycles. The van der Waals surface area contributed by atoms with Crippen molar-refractivity contribution in [2.45, 2.75) is 77.6 Å². The van der Waals surface area contributed by atoms with Crippen LogP contribution in [-0.2, 0) is 10.8 Å². The molecule has 0 aliphatic heterocycles. The van der Waals surface area contributed by atoms with E-state index in [0.717, 1.165) is 54.7 Å². The lowest BCUT2D eigenvalue weighted by molar-refractivity contribution is 0.0696. The Bertz CT molecular complexity index is 1040. The molecule has 4 heteroatoms. The van der Waals surface area contributed by atoms with E-state index in [9.17, 15) is 9.90 Å². The molecule has 0 saturated heterocycles. The number of nitrogens with zero attached hydrogens (tertiary/aromatic N) is 1. The second-order valence-electron chi connectivity index (χ2n) is 10.2. The Balaban J connectivity index is 1.91. The maximum Gasteiger partial charge on any atom is 0.337 e. The summed E-state index contributed by atoms with van der Waals surface area (Å²) in [7, 11) is 0. The van der Waals surface area contributed by atoms with Crippen LogP contribution in [0.1, 0.15) is 99.5 Å². The Morgan fingerprint density at radius 2 is 1.71 bits per heavy atom. The molecule has 0 atom stereocenters. The number of fused-ring (bicyclic) bond motifs is 1. The predicted octanol–water partition coefficient (Wildman–Crippen LogP) is 6.51. The molecule has 31 heavy (non-hydrogen) atoms. The number of carbonyl (C=O) groups is 1. The molecule has 0 spiro atoms. The zero-order chi connectivity index (χ0) is 22.4. The maximum absolute atomic E-state index is 11.3. The number of ether oxygens (including phenoxy) is 1. The van der Waals surface area contributed by atoms with Gasteiger partial charge in [-0.25, -0.2) is 4.79 Å². The monoisotopic (exact) mass is 419 g/mol. The Hall–Kier alpha value is -2.62. The van der Waals surface area contributed by atoms with Crippen molar-refractivity contribution < 1.29 is 14.6 Å². The molecule has 0 unspecified atom stereocenters. The topological polar surface area (TPSA) is 59.4 Å². The molecular weight excluding hydrogens is 386 g/mol. The van der Waals surface area contributed by atoms with E-state index in [1.165, 1.54) is 22.9 Å². The van der Waals surface area contributed by atoms with Crippen molar-refractivity contribution in [3.63, 3.8) is 0 Å². The Morgan fingerprint density at radius 3 is 2.23 bits per heavy atom. The molecule has 2 aliphatic rings. The molecule has 4 rings (SSSR count). The quantitative estimate of drug-likeness (QED) is 0.579. The molecular formula is C27H33NO3. The molecule has 1 fully saturated rings. The summed E-state index contributed by atoms with van der Waals surface area (Å²) >= 11 is 0. The summed E-state index contributed by atoms with van der Waals surface area (Å²) in [5.41, 5.74) is 7.60. The van der Waals surface area contributed by atoms with Gasteiger partial charge < -0.3 is 9.84 Å². The fourth-order valence-corrected chi connectivity index (χ4v) is 4.61. The van der Waals surface area contributed by atoms with Crippen LogP contribution in [0.5, 0.6) is 5.75 Å². The van der Waals surface area contributed by atoms with Crippen LogP contribution in [0.15, 0.2) is 36.0 Å². The first-order valence-electron chi connectivity index (χ1n) is 11.4. The molecule has 1 heterocycles. The van der Waals surface area contributed by atoms with Crippen molar-refractivity contribution in [3.05, 3.63) is 64.0 Å². The normalized spacial score (nSPS) is 18.3. The highest BCUT2D eigenvalue weighted by molar-refractivity contribution is 5.89. The highest BCUT2D eigenvalue weighted by Gasteiger charge is 2.38. The minimum absolute atomic E-state index is 0.100. The molecule has 4 nitrogen and oxygen atoms in total. The Morgan fingerprint density at radius 1 is 1.06 bits per heavy atom. The minimum atomic E-state index is -0.954. The summed E-state index contributed by atoms with van der Waals surface area (Å²) in [6, 6.07) is 8.10. The average Bonchev–Trinajstić information content (AvgIpc) is 3.56. The van der Waals surface area contributed by atoms with Gasteiger partial charge in [0.05, 0.1) is 17.9 Å². The highest BCUT2D eigenvalue weighted by atomic mass is 16.5. The molecule has 1 aromatic heterocycles. The van der Waals surface area contributed by atoms with Gasteiger partial charge in [-0.2, -0.15) is 0 Å². The lowest BCUT2D eigenvalue weighted by atomic mass is 9.62. The van der Waals surface area contributed by atoms with Gasteiger partial charge in [-0.3, -0.25) is 4.98 Å². The first-order valence-corrected chi connectivity index (χ1v) is 11.4. The second kappa shape index (κ2) is 7.81. The molecule has 164 valence electrons. The smallest absolute Gasteiger partial charge is 0.337 e. The van der Waals surface area contributed by atoms with E-state index in [0.29, 0.717) is 6.61 Å². The number of pyridine rings is 1. The minimum Gasteiger partial charge on any atom is -0.493 e. The van der Waals surface area contributed by atoms with Gasteiger partial charge in [0.2, 0.25) is 0 Å². The molecule has 0 amide bonds. The highest BCUT2D eigenvalue weighted by Crippen LogP contribution is 2.50. The van der Waals surface area contributed by atoms with Crippen LogP contribution in [0, 0.1) is 0 Å². The molecule has 0 bridgehead atoms. The van der Waals surface area contributed by atoms with Gasteiger partial charge in [0.1, 0.15) is 5.75 Å². The first-order chi connectivity index (χ1) is 14.6. The maximum atomic E-state index is 11.3. The van der Waals surface area contributed by atoms with Gasteiger partial charge in [-0.15, -0.1) is 0 Å². The van der Waals surface area contributed by atoms with Crippen LogP contribution in [0.25, 0.3) is 5.57 Å². The number of aromatic nitrogens is 1. The third-order valence-corrected chi connectivity index (χ3v) is 6.80. The fourth-order valence-electron chi connectivity index (χ4n) is 4.61. The van der Waals surface area contributed by atoms with Crippen molar-refractivity contribution in [2.24, 2.45) is 0 Å². The van der Waals surface area contributed by atoms with E-state index >= 15 is 0 Å². The van der Waals surface area contributed by atoms with E-state index < -0.39 is 5.97 Å². The van der Waals surface area contributed by atoms with E-state index in [-0.39, 0.29) is 16.4 Å². The zero-order valence-electron chi connectivity index (χ0n) is 19.3. The zero-order valence-corrected chi connectivity index (χ0v) is 19.3.